The van der Waals surface area contributed by atoms with Gasteiger partial charge < -0.3 is 0 Å². The van der Waals surface area contributed by atoms with Crippen molar-refractivity contribution in [1.82, 2.24) is 5.32 Å². The van der Waals surface area contributed by atoms with Gasteiger partial charge in [-0.05, 0) is 32.6 Å². The van der Waals surface area contributed by atoms with E-state index in [0.29, 0.717) is 6.17 Å². The predicted molar refractivity (Wildman–Crippen MR) is 58.2 cm³/mol. The second-order valence-corrected chi connectivity index (χ2v) is 3.46. The minimum Gasteiger partial charge on any atom is -0.291 e. The lowest BCUT2D eigenvalue weighted by atomic mass is 10.1. The zero-order valence-corrected chi connectivity index (χ0v) is 8.50. The van der Waals surface area contributed by atoms with Crippen molar-refractivity contribution in [3.05, 3.63) is 12.2 Å². The Kier molecular flexibility index (Phi) is 5.50. The first-order valence-corrected chi connectivity index (χ1v) is 5.29. The van der Waals surface area contributed by atoms with Crippen LogP contribution in [-0.2, 0) is 0 Å². The predicted octanol–water partition coefficient (Wildman–Crippen LogP) is 2.51. The van der Waals surface area contributed by atoms with Gasteiger partial charge in [-0.3, -0.25) is 10.3 Å². The minimum absolute atomic E-state index is 0.418. The summed E-state index contributed by atoms with van der Waals surface area (Å²) in [7, 11) is 0. The van der Waals surface area contributed by atoms with Gasteiger partial charge in [0.05, 0.1) is 6.17 Å². The topological polar surface area (TPSA) is 24.4 Å². The molecule has 0 radical (unpaired) electrons. The molecule has 0 aliphatic carbocycles. The third-order valence-electron chi connectivity index (χ3n) is 2.31. The molecule has 13 heavy (non-hydrogen) atoms. The zero-order valence-electron chi connectivity index (χ0n) is 8.50. The lowest BCUT2D eigenvalue weighted by Gasteiger charge is -2.06. The van der Waals surface area contributed by atoms with Crippen molar-refractivity contribution >= 4 is 6.21 Å². The number of nitrogens with one attached hydrogen (secondary N) is 1. The number of hydrogen-bond donors (Lipinski definition) is 1. The lowest BCUT2D eigenvalue weighted by molar-refractivity contribution is 0.516. The first-order valence-electron chi connectivity index (χ1n) is 5.29. The van der Waals surface area contributed by atoms with Crippen molar-refractivity contribution in [1.29, 1.82) is 0 Å². The van der Waals surface area contributed by atoms with Crippen LogP contribution in [0, 0.1) is 0 Å². The monoisotopic (exact) mass is 180 g/mol. The highest BCUT2D eigenvalue weighted by Gasteiger charge is 2.07. The zero-order chi connectivity index (χ0) is 9.36. The lowest BCUT2D eigenvalue weighted by Crippen LogP contribution is -2.21. The number of aliphatic imine (C=N–C) groups is 1. The number of rotatable bonds is 6. The maximum Gasteiger partial charge on any atom is 0.0993 e. The summed E-state index contributed by atoms with van der Waals surface area (Å²) in [5.41, 5.74) is 0. The summed E-state index contributed by atoms with van der Waals surface area (Å²) in [4.78, 5) is 4.32. The van der Waals surface area contributed by atoms with Crippen LogP contribution in [0.2, 0.25) is 0 Å². The standard InChI is InChI=1S/C11H20N2/c1-2-3-4-5-6-7-8-11-12-9-10-13-11/h2-3,9,11,13H,4-8,10H2,1H3/b3-2+. The van der Waals surface area contributed by atoms with Crippen molar-refractivity contribution in [2.24, 2.45) is 4.99 Å². The van der Waals surface area contributed by atoms with Crippen LogP contribution in [0.15, 0.2) is 17.1 Å². The summed E-state index contributed by atoms with van der Waals surface area (Å²) in [5.74, 6) is 0. The average Bonchev–Trinajstić information content (AvgIpc) is 2.63. The van der Waals surface area contributed by atoms with E-state index in [2.05, 4.69) is 29.4 Å². The van der Waals surface area contributed by atoms with E-state index in [1.54, 1.807) is 0 Å². The fourth-order valence-electron chi connectivity index (χ4n) is 1.54. The number of nitrogens with zero attached hydrogens (tertiary/aromatic N) is 1. The van der Waals surface area contributed by atoms with Crippen LogP contribution in [0.5, 0.6) is 0 Å². The van der Waals surface area contributed by atoms with Crippen molar-refractivity contribution in [3.63, 3.8) is 0 Å². The Bertz CT molecular complexity index is 173. The van der Waals surface area contributed by atoms with Crippen molar-refractivity contribution in [3.8, 4) is 0 Å². The van der Waals surface area contributed by atoms with Gasteiger partial charge in [-0.25, -0.2) is 0 Å². The molecule has 1 atom stereocenters. The fourth-order valence-corrected chi connectivity index (χ4v) is 1.54. The molecule has 0 amide bonds. The Morgan fingerprint density at radius 3 is 3.08 bits per heavy atom. The summed E-state index contributed by atoms with van der Waals surface area (Å²) in [6, 6.07) is 0. The highest BCUT2D eigenvalue weighted by molar-refractivity contribution is 5.61. The van der Waals surface area contributed by atoms with Gasteiger partial charge in [0.15, 0.2) is 0 Å². The van der Waals surface area contributed by atoms with Gasteiger partial charge in [0.1, 0.15) is 0 Å². The number of allylic oxidation sites excluding steroid dienone is 2. The van der Waals surface area contributed by atoms with Gasteiger partial charge in [-0.15, -0.1) is 0 Å². The Morgan fingerprint density at radius 1 is 1.46 bits per heavy atom. The fraction of sp³-hybridized carbons (Fsp3) is 0.727. The van der Waals surface area contributed by atoms with E-state index in [9.17, 15) is 0 Å². The molecule has 0 fully saturated rings. The Hall–Kier alpha value is -0.630. The van der Waals surface area contributed by atoms with Crippen LogP contribution in [0.25, 0.3) is 0 Å². The molecule has 0 aromatic carbocycles. The second kappa shape index (κ2) is 6.84. The molecule has 0 aromatic rings. The molecule has 2 heteroatoms. The van der Waals surface area contributed by atoms with E-state index in [4.69, 9.17) is 0 Å². The van der Waals surface area contributed by atoms with Crippen LogP contribution in [0.4, 0.5) is 0 Å². The molecule has 1 aliphatic rings. The van der Waals surface area contributed by atoms with E-state index < -0.39 is 0 Å². The smallest absolute Gasteiger partial charge is 0.0993 e. The van der Waals surface area contributed by atoms with Crippen LogP contribution in [0.3, 0.4) is 0 Å². The third kappa shape index (κ3) is 4.83. The Balaban J connectivity index is 1.86. The Labute approximate surface area is 81.1 Å². The van der Waals surface area contributed by atoms with E-state index >= 15 is 0 Å². The van der Waals surface area contributed by atoms with E-state index in [0.717, 1.165) is 6.54 Å². The number of hydrogen-bond acceptors (Lipinski definition) is 2. The maximum absolute atomic E-state index is 4.32. The van der Waals surface area contributed by atoms with Crippen molar-refractivity contribution < 1.29 is 0 Å². The van der Waals surface area contributed by atoms with Gasteiger partial charge in [0, 0.05) is 12.8 Å². The molecular formula is C11H20N2. The molecule has 0 saturated carbocycles. The molecule has 74 valence electrons. The summed E-state index contributed by atoms with van der Waals surface area (Å²) in [6.45, 7) is 3.04. The highest BCUT2D eigenvalue weighted by atomic mass is 15.1. The molecular weight excluding hydrogens is 160 g/mol. The molecule has 1 heterocycles. The molecule has 1 N–H and O–H groups in total. The summed E-state index contributed by atoms with van der Waals surface area (Å²) in [6.07, 6.45) is 13.1. The van der Waals surface area contributed by atoms with E-state index in [-0.39, 0.29) is 0 Å². The van der Waals surface area contributed by atoms with Gasteiger partial charge in [-0.1, -0.05) is 18.6 Å². The quantitative estimate of drug-likeness (QED) is 0.493. The van der Waals surface area contributed by atoms with Crippen LogP contribution in [0.1, 0.15) is 39.0 Å². The van der Waals surface area contributed by atoms with E-state index in [1.807, 2.05) is 6.21 Å². The minimum atomic E-state index is 0.418. The van der Waals surface area contributed by atoms with Crippen molar-refractivity contribution in [2.45, 2.75) is 45.2 Å². The molecule has 1 aliphatic heterocycles. The SMILES string of the molecule is C/C=C/CCCCCC1N=CCN1. The average molecular weight is 180 g/mol. The molecule has 1 unspecified atom stereocenters. The van der Waals surface area contributed by atoms with Crippen LogP contribution in [-0.4, -0.2) is 18.9 Å². The Morgan fingerprint density at radius 2 is 2.38 bits per heavy atom. The molecule has 2 nitrogen and oxygen atoms in total. The molecule has 0 aromatic heterocycles. The first-order chi connectivity index (χ1) is 6.43. The third-order valence-corrected chi connectivity index (χ3v) is 2.31. The normalized spacial score (nSPS) is 21.8. The summed E-state index contributed by atoms with van der Waals surface area (Å²) in [5, 5.41) is 3.32. The highest BCUT2D eigenvalue weighted by Crippen LogP contribution is 2.08. The van der Waals surface area contributed by atoms with Crippen molar-refractivity contribution in [2.75, 3.05) is 6.54 Å². The second-order valence-electron chi connectivity index (χ2n) is 3.46. The maximum atomic E-state index is 4.32. The van der Waals surface area contributed by atoms with Gasteiger partial charge in [0.2, 0.25) is 0 Å². The summed E-state index contributed by atoms with van der Waals surface area (Å²) < 4.78 is 0. The first kappa shape index (κ1) is 10.5. The van der Waals surface area contributed by atoms with Crippen LogP contribution >= 0.6 is 0 Å². The largest absolute Gasteiger partial charge is 0.291 e. The van der Waals surface area contributed by atoms with Gasteiger partial charge in [0.25, 0.3) is 0 Å². The molecule has 0 bridgehead atoms. The summed E-state index contributed by atoms with van der Waals surface area (Å²) >= 11 is 0. The molecule has 0 saturated heterocycles. The molecule has 0 spiro atoms. The van der Waals surface area contributed by atoms with Crippen LogP contribution < -0.4 is 5.32 Å². The van der Waals surface area contributed by atoms with E-state index in [1.165, 1.54) is 32.1 Å². The van der Waals surface area contributed by atoms with Gasteiger partial charge >= 0.3 is 0 Å². The van der Waals surface area contributed by atoms with Gasteiger partial charge in [-0.2, -0.15) is 0 Å². The molecule has 1 rings (SSSR count). The number of unbranched alkanes of at least 4 members (excludes halogenated alkanes) is 3.